The first-order chi connectivity index (χ1) is 9.58. The SMILES string of the molecule is O=C(O)c1nc(-c2ccc(F)cc2)n2cccc(O)c12. The number of pyridine rings is 1. The number of carboxylic acids is 1. The second-order valence-corrected chi connectivity index (χ2v) is 4.21. The topological polar surface area (TPSA) is 74.8 Å². The van der Waals surface area contributed by atoms with Gasteiger partial charge in [-0.15, -0.1) is 0 Å². The molecule has 0 amide bonds. The van der Waals surface area contributed by atoms with Gasteiger partial charge >= 0.3 is 5.97 Å². The largest absolute Gasteiger partial charge is 0.506 e. The normalized spacial score (nSPS) is 10.8. The van der Waals surface area contributed by atoms with Crippen molar-refractivity contribution < 1.29 is 19.4 Å². The number of halogens is 1. The number of imidazole rings is 1. The Bertz CT molecular complexity index is 809. The maximum absolute atomic E-state index is 13.0. The monoisotopic (exact) mass is 272 g/mol. The van der Waals surface area contributed by atoms with Gasteiger partial charge in [-0.05, 0) is 36.4 Å². The molecule has 0 saturated heterocycles. The van der Waals surface area contributed by atoms with Crippen LogP contribution >= 0.6 is 0 Å². The molecule has 5 nitrogen and oxygen atoms in total. The number of hydrogen-bond donors (Lipinski definition) is 2. The zero-order valence-corrected chi connectivity index (χ0v) is 10.1. The molecule has 0 radical (unpaired) electrons. The molecule has 2 heterocycles. The van der Waals surface area contributed by atoms with Crippen LogP contribution in [-0.4, -0.2) is 25.6 Å². The van der Waals surface area contributed by atoms with Gasteiger partial charge in [-0.25, -0.2) is 14.2 Å². The van der Waals surface area contributed by atoms with Crippen LogP contribution in [-0.2, 0) is 0 Å². The summed E-state index contributed by atoms with van der Waals surface area (Å²) in [7, 11) is 0. The minimum atomic E-state index is -1.24. The van der Waals surface area contributed by atoms with Gasteiger partial charge in [0.2, 0.25) is 0 Å². The van der Waals surface area contributed by atoms with Crippen molar-refractivity contribution in [2.45, 2.75) is 0 Å². The molecule has 6 heteroatoms. The summed E-state index contributed by atoms with van der Waals surface area (Å²) < 4.78 is 14.4. The summed E-state index contributed by atoms with van der Waals surface area (Å²) >= 11 is 0. The highest BCUT2D eigenvalue weighted by molar-refractivity contribution is 5.96. The van der Waals surface area contributed by atoms with Crippen LogP contribution in [0.15, 0.2) is 42.6 Å². The Morgan fingerprint density at radius 1 is 1.20 bits per heavy atom. The fourth-order valence-corrected chi connectivity index (χ4v) is 2.07. The Morgan fingerprint density at radius 2 is 1.90 bits per heavy atom. The minimum absolute atomic E-state index is 0.110. The summed E-state index contributed by atoms with van der Waals surface area (Å²) in [6.45, 7) is 0. The molecule has 2 N–H and O–H groups in total. The van der Waals surface area contributed by atoms with Crippen LogP contribution in [0, 0.1) is 5.82 Å². The van der Waals surface area contributed by atoms with Crippen molar-refractivity contribution in [1.82, 2.24) is 9.38 Å². The van der Waals surface area contributed by atoms with Crippen molar-refractivity contribution in [2.75, 3.05) is 0 Å². The third kappa shape index (κ3) is 1.78. The Balaban J connectivity index is 2.34. The lowest BCUT2D eigenvalue weighted by atomic mass is 10.2. The number of carboxylic acid groups (broad SMARTS) is 1. The van der Waals surface area contributed by atoms with Gasteiger partial charge in [0.15, 0.2) is 5.69 Å². The number of aromatic carboxylic acids is 1. The molecule has 100 valence electrons. The fourth-order valence-electron chi connectivity index (χ4n) is 2.07. The molecule has 3 aromatic rings. The summed E-state index contributed by atoms with van der Waals surface area (Å²) in [5.74, 6) is -1.48. The average molecular weight is 272 g/mol. The first kappa shape index (κ1) is 12.2. The second-order valence-electron chi connectivity index (χ2n) is 4.21. The third-order valence-electron chi connectivity index (χ3n) is 2.95. The van der Waals surface area contributed by atoms with Crippen LogP contribution in [0.2, 0.25) is 0 Å². The van der Waals surface area contributed by atoms with E-state index < -0.39 is 11.8 Å². The van der Waals surface area contributed by atoms with Crippen LogP contribution in [0.25, 0.3) is 16.9 Å². The minimum Gasteiger partial charge on any atom is -0.506 e. The molecule has 1 aromatic carbocycles. The predicted octanol–water partition coefficient (Wildman–Crippen LogP) is 2.54. The van der Waals surface area contributed by atoms with Gasteiger partial charge in [0, 0.05) is 11.8 Å². The molecular formula is C14H9FN2O3. The molecular weight excluding hydrogens is 263 g/mol. The molecule has 3 rings (SSSR count). The summed E-state index contributed by atoms with van der Waals surface area (Å²) in [5.41, 5.74) is 0.418. The van der Waals surface area contributed by atoms with Gasteiger partial charge in [-0.1, -0.05) is 0 Å². The van der Waals surface area contributed by atoms with Gasteiger partial charge in [0.1, 0.15) is 22.9 Å². The number of fused-ring (bicyclic) bond motifs is 1. The molecule has 0 fully saturated rings. The number of rotatable bonds is 2. The van der Waals surface area contributed by atoms with Gasteiger partial charge in [0.25, 0.3) is 0 Å². The molecule has 0 spiro atoms. The van der Waals surface area contributed by atoms with Crippen LogP contribution in [0.1, 0.15) is 10.5 Å². The summed E-state index contributed by atoms with van der Waals surface area (Å²) in [4.78, 5) is 15.2. The van der Waals surface area contributed by atoms with E-state index in [0.717, 1.165) is 0 Å². The van der Waals surface area contributed by atoms with Crippen molar-refractivity contribution in [2.24, 2.45) is 0 Å². The third-order valence-corrected chi connectivity index (χ3v) is 2.95. The Kier molecular flexibility index (Phi) is 2.64. The van der Waals surface area contributed by atoms with Gasteiger partial charge in [0.05, 0.1) is 0 Å². The lowest BCUT2D eigenvalue weighted by Crippen LogP contribution is -1.97. The molecule has 2 aromatic heterocycles. The number of hydrogen-bond acceptors (Lipinski definition) is 3. The highest BCUT2D eigenvalue weighted by Crippen LogP contribution is 2.28. The zero-order valence-electron chi connectivity index (χ0n) is 10.1. The summed E-state index contributed by atoms with van der Waals surface area (Å²) in [6.07, 6.45) is 1.59. The van der Waals surface area contributed by atoms with E-state index >= 15 is 0 Å². The Morgan fingerprint density at radius 3 is 2.55 bits per heavy atom. The van der Waals surface area contributed by atoms with Crippen LogP contribution in [0.5, 0.6) is 5.75 Å². The number of aromatic hydroxyl groups is 1. The van der Waals surface area contributed by atoms with Crippen molar-refractivity contribution in [3.05, 3.63) is 54.1 Å². The molecule has 20 heavy (non-hydrogen) atoms. The van der Waals surface area contributed by atoms with Crippen molar-refractivity contribution in [1.29, 1.82) is 0 Å². The van der Waals surface area contributed by atoms with Crippen molar-refractivity contribution in [3.63, 3.8) is 0 Å². The molecule has 0 bridgehead atoms. The highest BCUT2D eigenvalue weighted by atomic mass is 19.1. The number of nitrogens with zero attached hydrogens (tertiary/aromatic N) is 2. The first-order valence-corrected chi connectivity index (χ1v) is 5.77. The standard InChI is InChI=1S/C14H9FN2O3/c15-9-5-3-8(4-6-9)13-16-11(14(19)20)12-10(18)2-1-7-17(12)13/h1-7,18H,(H,19,20). The molecule has 0 aliphatic rings. The van der Waals surface area contributed by atoms with Crippen LogP contribution in [0.4, 0.5) is 4.39 Å². The van der Waals surface area contributed by atoms with E-state index in [-0.39, 0.29) is 17.0 Å². The van der Waals surface area contributed by atoms with Crippen LogP contribution < -0.4 is 0 Å². The Labute approximate surface area is 112 Å². The maximum atomic E-state index is 13.0. The molecule has 0 saturated carbocycles. The second kappa shape index (κ2) is 4.34. The van der Waals surface area contributed by atoms with Gasteiger partial charge < -0.3 is 10.2 Å². The molecule has 0 aliphatic carbocycles. The van der Waals surface area contributed by atoms with E-state index in [1.807, 2.05) is 0 Å². The van der Waals surface area contributed by atoms with Gasteiger partial charge in [-0.3, -0.25) is 4.40 Å². The lowest BCUT2D eigenvalue weighted by Gasteiger charge is -2.02. The molecule has 0 atom stereocenters. The van der Waals surface area contributed by atoms with E-state index in [9.17, 15) is 14.3 Å². The zero-order chi connectivity index (χ0) is 14.3. The fraction of sp³-hybridized carbons (Fsp3) is 0. The van der Waals surface area contributed by atoms with Gasteiger partial charge in [-0.2, -0.15) is 0 Å². The number of aromatic nitrogens is 2. The number of benzene rings is 1. The van der Waals surface area contributed by atoms with E-state index in [0.29, 0.717) is 11.4 Å². The quantitative estimate of drug-likeness (QED) is 0.751. The van der Waals surface area contributed by atoms with Crippen molar-refractivity contribution >= 4 is 11.5 Å². The van der Waals surface area contributed by atoms with E-state index in [4.69, 9.17) is 5.11 Å². The average Bonchev–Trinajstić information content (AvgIpc) is 2.81. The van der Waals surface area contributed by atoms with Crippen molar-refractivity contribution in [3.8, 4) is 17.1 Å². The van der Waals surface area contributed by atoms with E-state index in [1.165, 1.54) is 34.7 Å². The summed E-state index contributed by atoms with van der Waals surface area (Å²) in [5, 5.41) is 19.0. The first-order valence-electron chi connectivity index (χ1n) is 5.77. The predicted molar refractivity (Wildman–Crippen MR) is 69.2 cm³/mol. The highest BCUT2D eigenvalue weighted by Gasteiger charge is 2.20. The van der Waals surface area contributed by atoms with E-state index in [1.54, 1.807) is 12.3 Å². The smallest absolute Gasteiger partial charge is 0.356 e. The lowest BCUT2D eigenvalue weighted by molar-refractivity contribution is 0.0693. The molecule has 0 aliphatic heterocycles. The maximum Gasteiger partial charge on any atom is 0.356 e. The van der Waals surface area contributed by atoms with Crippen LogP contribution in [0.3, 0.4) is 0 Å². The summed E-state index contributed by atoms with van der Waals surface area (Å²) in [6, 6.07) is 8.49. The molecule has 0 unspecified atom stereocenters. The van der Waals surface area contributed by atoms with E-state index in [2.05, 4.69) is 4.98 Å². The number of carbonyl (C=O) groups is 1. The Hall–Kier alpha value is -2.89.